The molecule has 2 unspecified atom stereocenters. The second-order valence-electron chi connectivity index (χ2n) is 5.97. The molecule has 0 saturated carbocycles. The van der Waals surface area contributed by atoms with Crippen molar-refractivity contribution in [3.8, 4) is 0 Å². The van der Waals surface area contributed by atoms with E-state index in [0.717, 1.165) is 25.1 Å². The molecule has 1 aromatic rings. The van der Waals surface area contributed by atoms with Crippen LogP contribution in [0.1, 0.15) is 39.0 Å². The fourth-order valence-corrected chi connectivity index (χ4v) is 4.13. The van der Waals surface area contributed by atoms with Crippen LogP contribution >= 0.6 is 11.6 Å². The van der Waals surface area contributed by atoms with Gasteiger partial charge >= 0.3 is 0 Å². The molecule has 4 heteroatoms. The van der Waals surface area contributed by atoms with Gasteiger partial charge in [0.1, 0.15) is 5.82 Å². The molecular formula is C16H22ClFN2. The highest BCUT2D eigenvalue weighted by atomic mass is 35.5. The number of hydrogen-bond donors (Lipinski definition) is 1. The van der Waals surface area contributed by atoms with Crippen molar-refractivity contribution in [1.29, 1.82) is 0 Å². The summed E-state index contributed by atoms with van der Waals surface area (Å²) < 4.78 is 13.6. The summed E-state index contributed by atoms with van der Waals surface area (Å²) in [7, 11) is 0. The quantitative estimate of drug-likeness (QED) is 0.907. The topological polar surface area (TPSA) is 15.3 Å². The van der Waals surface area contributed by atoms with Crippen LogP contribution in [0.5, 0.6) is 0 Å². The molecule has 2 fully saturated rings. The third-order valence-electron chi connectivity index (χ3n) is 4.65. The standard InChI is InChI=1S/C16H22ClFN2/c1-2-19-12-9-13-4-3-5-14(10-12)20(13)16-8-11(18)6-7-15(16)17/h6-8,12-14,19H,2-5,9-10H2,1H3. The van der Waals surface area contributed by atoms with Crippen LogP contribution in [0.15, 0.2) is 18.2 Å². The lowest BCUT2D eigenvalue weighted by molar-refractivity contribution is 0.247. The Morgan fingerprint density at radius 1 is 1.30 bits per heavy atom. The maximum Gasteiger partial charge on any atom is 0.125 e. The summed E-state index contributed by atoms with van der Waals surface area (Å²) in [6.45, 7) is 3.18. The van der Waals surface area contributed by atoms with E-state index >= 15 is 0 Å². The van der Waals surface area contributed by atoms with Gasteiger partial charge in [0.05, 0.1) is 10.7 Å². The zero-order valence-electron chi connectivity index (χ0n) is 11.9. The Balaban J connectivity index is 1.88. The Morgan fingerprint density at radius 2 is 2.00 bits per heavy atom. The van der Waals surface area contributed by atoms with Gasteiger partial charge in [0.2, 0.25) is 0 Å². The van der Waals surface area contributed by atoms with Crippen molar-refractivity contribution in [2.75, 3.05) is 11.4 Å². The molecule has 110 valence electrons. The van der Waals surface area contributed by atoms with E-state index in [-0.39, 0.29) is 5.82 Å². The van der Waals surface area contributed by atoms with E-state index in [4.69, 9.17) is 11.6 Å². The second kappa shape index (κ2) is 5.90. The zero-order chi connectivity index (χ0) is 14.1. The van der Waals surface area contributed by atoms with Crippen LogP contribution in [0.2, 0.25) is 5.02 Å². The molecule has 0 aliphatic carbocycles. The number of nitrogens with one attached hydrogen (secondary N) is 1. The lowest BCUT2D eigenvalue weighted by Crippen LogP contribution is -2.56. The Morgan fingerprint density at radius 3 is 2.65 bits per heavy atom. The van der Waals surface area contributed by atoms with Gasteiger partial charge in [-0.3, -0.25) is 0 Å². The molecule has 2 heterocycles. The van der Waals surface area contributed by atoms with E-state index in [0.29, 0.717) is 23.1 Å². The van der Waals surface area contributed by atoms with Gasteiger partial charge in [-0.1, -0.05) is 18.5 Å². The van der Waals surface area contributed by atoms with Gasteiger partial charge in [0.25, 0.3) is 0 Å². The zero-order valence-corrected chi connectivity index (χ0v) is 12.7. The van der Waals surface area contributed by atoms with Crippen LogP contribution in [0.25, 0.3) is 0 Å². The van der Waals surface area contributed by atoms with Gasteiger partial charge in [-0.2, -0.15) is 0 Å². The van der Waals surface area contributed by atoms with Crippen molar-refractivity contribution in [1.82, 2.24) is 5.32 Å². The van der Waals surface area contributed by atoms with E-state index < -0.39 is 0 Å². The fourth-order valence-electron chi connectivity index (χ4n) is 3.91. The number of nitrogens with zero attached hydrogens (tertiary/aromatic N) is 1. The predicted molar refractivity (Wildman–Crippen MR) is 82.0 cm³/mol. The molecule has 2 aliphatic rings. The minimum absolute atomic E-state index is 0.198. The minimum Gasteiger partial charge on any atom is -0.364 e. The SMILES string of the molecule is CCNC1CC2CCCC(C1)N2c1cc(F)ccc1Cl. The van der Waals surface area contributed by atoms with Crippen LogP contribution in [0.4, 0.5) is 10.1 Å². The van der Waals surface area contributed by atoms with Crippen molar-refractivity contribution >= 4 is 17.3 Å². The van der Waals surface area contributed by atoms with Crippen molar-refractivity contribution in [3.05, 3.63) is 29.0 Å². The maximum absolute atomic E-state index is 13.6. The number of halogens is 2. The van der Waals surface area contributed by atoms with Crippen LogP contribution in [-0.4, -0.2) is 24.7 Å². The monoisotopic (exact) mass is 296 g/mol. The first-order valence-corrected chi connectivity index (χ1v) is 8.03. The van der Waals surface area contributed by atoms with E-state index in [1.165, 1.54) is 25.3 Å². The highest BCUT2D eigenvalue weighted by Crippen LogP contribution is 2.40. The first-order valence-electron chi connectivity index (χ1n) is 7.65. The Kier molecular flexibility index (Phi) is 4.18. The van der Waals surface area contributed by atoms with Crippen molar-refractivity contribution in [2.45, 2.75) is 57.2 Å². The fraction of sp³-hybridized carbons (Fsp3) is 0.625. The van der Waals surface area contributed by atoms with Gasteiger partial charge in [0.15, 0.2) is 0 Å². The molecule has 20 heavy (non-hydrogen) atoms. The van der Waals surface area contributed by atoms with Crippen LogP contribution in [0.3, 0.4) is 0 Å². The predicted octanol–water partition coefficient (Wildman–Crippen LogP) is 3.98. The Hall–Kier alpha value is -0.800. The molecule has 3 rings (SSSR count). The summed E-state index contributed by atoms with van der Waals surface area (Å²) in [6, 6.07) is 6.29. The molecule has 2 atom stereocenters. The second-order valence-corrected chi connectivity index (χ2v) is 6.37. The number of benzene rings is 1. The molecule has 0 aromatic heterocycles. The molecule has 2 bridgehead atoms. The first-order chi connectivity index (χ1) is 9.69. The van der Waals surface area contributed by atoms with E-state index in [2.05, 4.69) is 17.1 Å². The summed E-state index contributed by atoms with van der Waals surface area (Å²) >= 11 is 6.31. The van der Waals surface area contributed by atoms with Crippen LogP contribution in [-0.2, 0) is 0 Å². The molecular weight excluding hydrogens is 275 g/mol. The average molecular weight is 297 g/mol. The molecule has 2 nitrogen and oxygen atoms in total. The summed E-state index contributed by atoms with van der Waals surface area (Å²) in [6.07, 6.45) is 5.92. The van der Waals surface area contributed by atoms with E-state index in [1.807, 2.05) is 0 Å². The number of rotatable bonds is 3. The summed E-state index contributed by atoms with van der Waals surface area (Å²) in [5.41, 5.74) is 0.885. The highest BCUT2D eigenvalue weighted by molar-refractivity contribution is 6.33. The van der Waals surface area contributed by atoms with Crippen LogP contribution in [0, 0.1) is 5.82 Å². The van der Waals surface area contributed by atoms with Crippen molar-refractivity contribution in [3.63, 3.8) is 0 Å². The molecule has 1 aromatic carbocycles. The lowest BCUT2D eigenvalue weighted by Gasteiger charge is -2.50. The normalized spacial score (nSPS) is 29.6. The number of anilines is 1. The molecule has 2 saturated heterocycles. The lowest BCUT2D eigenvalue weighted by atomic mass is 9.81. The number of piperidine rings is 2. The minimum atomic E-state index is -0.198. The summed E-state index contributed by atoms with van der Waals surface area (Å²) in [5.74, 6) is -0.198. The largest absolute Gasteiger partial charge is 0.364 e. The highest BCUT2D eigenvalue weighted by Gasteiger charge is 2.38. The molecule has 2 aliphatic heterocycles. The Bertz CT molecular complexity index is 466. The first kappa shape index (κ1) is 14.2. The third kappa shape index (κ3) is 2.66. The van der Waals surface area contributed by atoms with E-state index in [9.17, 15) is 4.39 Å². The van der Waals surface area contributed by atoms with Crippen molar-refractivity contribution < 1.29 is 4.39 Å². The number of fused-ring (bicyclic) bond motifs is 2. The third-order valence-corrected chi connectivity index (χ3v) is 4.97. The maximum atomic E-state index is 13.6. The molecule has 1 N–H and O–H groups in total. The average Bonchev–Trinajstić information content (AvgIpc) is 2.41. The smallest absolute Gasteiger partial charge is 0.125 e. The van der Waals surface area contributed by atoms with Gasteiger partial charge in [-0.25, -0.2) is 4.39 Å². The van der Waals surface area contributed by atoms with Crippen LogP contribution < -0.4 is 10.2 Å². The van der Waals surface area contributed by atoms with E-state index in [1.54, 1.807) is 12.1 Å². The van der Waals surface area contributed by atoms with Gasteiger partial charge in [-0.05, 0) is 56.8 Å². The summed E-state index contributed by atoms with van der Waals surface area (Å²) in [5, 5.41) is 4.25. The van der Waals surface area contributed by atoms with Gasteiger partial charge < -0.3 is 10.2 Å². The van der Waals surface area contributed by atoms with Crippen molar-refractivity contribution in [2.24, 2.45) is 0 Å². The molecule has 0 spiro atoms. The number of hydrogen-bond acceptors (Lipinski definition) is 2. The van der Waals surface area contributed by atoms with Gasteiger partial charge in [0, 0.05) is 18.1 Å². The molecule has 0 radical (unpaired) electrons. The summed E-state index contributed by atoms with van der Waals surface area (Å²) in [4.78, 5) is 2.39. The van der Waals surface area contributed by atoms with Gasteiger partial charge in [-0.15, -0.1) is 0 Å². The Labute approximate surface area is 125 Å². The molecule has 0 amide bonds.